The van der Waals surface area contributed by atoms with Gasteiger partial charge < -0.3 is 4.74 Å². The maximum absolute atomic E-state index is 8.71. The molecule has 1 aliphatic rings. The molecule has 0 saturated heterocycles. The van der Waals surface area contributed by atoms with E-state index in [9.17, 15) is 0 Å². The number of nitriles is 1. The molecule has 0 bridgehead atoms. The number of nitrogens with zero attached hydrogens (tertiary/aromatic N) is 1. The fourth-order valence-electron chi connectivity index (χ4n) is 1.76. The van der Waals surface area contributed by atoms with Crippen molar-refractivity contribution in [1.29, 1.82) is 5.26 Å². The summed E-state index contributed by atoms with van der Waals surface area (Å²) in [5.74, 6) is 0. The molecule has 3 heteroatoms. The zero-order valence-electron chi connectivity index (χ0n) is 7.72. The van der Waals surface area contributed by atoms with Crippen LogP contribution in [0.2, 0.25) is 0 Å². The maximum Gasteiger partial charge on any atom is 0.0722 e. The predicted molar refractivity (Wildman–Crippen MR) is 56.8 cm³/mol. The van der Waals surface area contributed by atoms with Crippen molar-refractivity contribution in [3.05, 3.63) is 33.3 Å². The van der Waals surface area contributed by atoms with Gasteiger partial charge in [0.05, 0.1) is 25.7 Å². The molecule has 0 saturated carbocycles. The minimum Gasteiger partial charge on any atom is -0.376 e. The van der Waals surface area contributed by atoms with Crippen molar-refractivity contribution in [2.45, 2.75) is 19.4 Å². The number of hydrogen-bond donors (Lipinski definition) is 0. The molecule has 72 valence electrons. The van der Waals surface area contributed by atoms with E-state index in [1.165, 1.54) is 11.1 Å². The van der Waals surface area contributed by atoms with E-state index >= 15 is 0 Å². The van der Waals surface area contributed by atoms with Crippen LogP contribution in [-0.2, 0) is 24.2 Å². The Labute approximate surface area is 91.6 Å². The third-order valence-corrected chi connectivity index (χ3v) is 2.89. The highest BCUT2D eigenvalue weighted by Gasteiger charge is 2.14. The molecule has 1 aromatic carbocycles. The van der Waals surface area contributed by atoms with Gasteiger partial charge in [0, 0.05) is 4.47 Å². The van der Waals surface area contributed by atoms with Gasteiger partial charge in [-0.1, -0.05) is 15.9 Å². The molecule has 2 nitrogen and oxygen atoms in total. The maximum atomic E-state index is 8.71. The van der Waals surface area contributed by atoms with E-state index in [-0.39, 0.29) is 0 Å². The molecule has 1 heterocycles. The Hall–Kier alpha value is -0.850. The second-order valence-electron chi connectivity index (χ2n) is 3.34. The van der Waals surface area contributed by atoms with Gasteiger partial charge in [-0.05, 0) is 35.2 Å². The first-order valence-electron chi connectivity index (χ1n) is 4.56. The summed E-state index contributed by atoms with van der Waals surface area (Å²) in [6, 6.07) is 6.32. The fraction of sp³-hybridized carbons (Fsp3) is 0.364. The number of halogens is 1. The van der Waals surface area contributed by atoms with Crippen molar-refractivity contribution < 1.29 is 4.74 Å². The zero-order chi connectivity index (χ0) is 9.97. The van der Waals surface area contributed by atoms with Gasteiger partial charge in [0.15, 0.2) is 0 Å². The van der Waals surface area contributed by atoms with E-state index in [1.54, 1.807) is 0 Å². The van der Waals surface area contributed by atoms with Crippen LogP contribution in [0.3, 0.4) is 0 Å². The molecule has 2 rings (SSSR count). The lowest BCUT2D eigenvalue weighted by Crippen LogP contribution is -2.12. The average molecular weight is 252 g/mol. The first-order valence-corrected chi connectivity index (χ1v) is 5.35. The topological polar surface area (TPSA) is 33.0 Å². The monoisotopic (exact) mass is 251 g/mol. The van der Waals surface area contributed by atoms with Gasteiger partial charge in [-0.15, -0.1) is 0 Å². The molecule has 0 radical (unpaired) electrons. The van der Waals surface area contributed by atoms with Gasteiger partial charge in [0.1, 0.15) is 0 Å². The van der Waals surface area contributed by atoms with E-state index in [0.717, 1.165) is 23.1 Å². The van der Waals surface area contributed by atoms with E-state index in [0.29, 0.717) is 13.0 Å². The minimum absolute atomic E-state index is 0.463. The average Bonchev–Trinajstić information content (AvgIpc) is 2.18. The van der Waals surface area contributed by atoms with Gasteiger partial charge >= 0.3 is 0 Å². The Morgan fingerprint density at radius 2 is 2.36 bits per heavy atom. The first kappa shape index (κ1) is 9.70. The SMILES string of the molecule is N#CCc1cc(Br)cc2c1COCC2. The summed E-state index contributed by atoms with van der Waals surface area (Å²) in [6.45, 7) is 1.44. The summed E-state index contributed by atoms with van der Waals surface area (Å²) < 4.78 is 6.46. The van der Waals surface area contributed by atoms with Gasteiger partial charge in [0.2, 0.25) is 0 Å². The standard InChI is InChI=1S/C11H10BrNO/c12-10-5-8(1-3-13)11-7-14-4-2-9(11)6-10/h5-6H,1-2,4,7H2. The van der Waals surface area contributed by atoms with Crippen molar-refractivity contribution in [2.75, 3.05) is 6.61 Å². The quantitative estimate of drug-likeness (QED) is 0.769. The molecule has 0 fully saturated rings. The Bertz CT molecular complexity index is 395. The summed E-state index contributed by atoms with van der Waals surface area (Å²) in [4.78, 5) is 0. The predicted octanol–water partition coefficient (Wildman–Crippen LogP) is 2.59. The molecule has 0 spiro atoms. The summed E-state index contributed by atoms with van der Waals surface area (Å²) in [7, 11) is 0. The van der Waals surface area contributed by atoms with Crippen LogP contribution in [0.5, 0.6) is 0 Å². The van der Waals surface area contributed by atoms with Gasteiger partial charge in [-0.3, -0.25) is 0 Å². The van der Waals surface area contributed by atoms with E-state index in [1.807, 2.05) is 6.07 Å². The molecule has 0 aromatic heterocycles. The molecular weight excluding hydrogens is 242 g/mol. The molecule has 0 N–H and O–H groups in total. The molecule has 0 unspecified atom stereocenters. The molecule has 0 atom stereocenters. The highest BCUT2D eigenvalue weighted by Crippen LogP contribution is 2.25. The summed E-state index contributed by atoms with van der Waals surface area (Å²) in [6.07, 6.45) is 1.42. The lowest BCUT2D eigenvalue weighted by molar-refractivity contribution is 0.110. The van der Waals surface area contributed by atoms with E-state index < -0.39 is 0 Å². The highest BCUT2D eigenvalue weighted by atomic mass is 79.9. The number of benzene rings is 1. The Balaban J connectivity index is 2.48. The Morgan fingerprint density at radius 3 is 3.14 bits per heavy atom. The van der Waals surface area contributed by atoms with Crippen LogP contribution >= 0.6 is 15.9 Å². The van der Waals surface area contributed by atoms with Crippen LogP contribution in [0.4, 0.5) is 0 Å². The lowest BCUT2D eigenvalue weighted by atomic mass is 9.96. The second kappa shape index (κ2) is 4.12. The summed E-state index contributed by atoms with van der Waals surface area (Å²) in [5, 5.41) is 8.71. The smallest absolute Gasteiger partial charge is 0.0722 e. The number of ether oxygens (including phenoxy) is 1. The van der Waals surface area contributed by atoms with Gasteiger partial charge in [-0.25, -0.2) is 0 Å². The van der Waals surface area contributed by atoms with Crippen molar-refractivity contribution in [3.63, 3.8) is 0 Å². The summed E-state index contributed by atoms with van der Waals surface area (Å²) >= 11 is 3.46. The zero-order valence-corrected chi connectivity index (χ0v) is 9.30. The van der Waals surface area contributed by atoms with E-state index in [4.69, 9.17) is 10.00 Å². The minimum atomic E-state index is 0.463. The van der Waals surface area contributed by atoms with Gasteiger partial charge in [-0.2, -0.15) is 5.26 Å². The van der Waals surface area contributed by atoms with Crippen molar-refractivity contribution in [3.8, 4) is 6.07 Å². The van der Waals surface area contributed by atoms with Crippen LogP contribution in [-0.4, -0.2) is 6.61 Å². The van der Waals surface area contributed by atoms with Crippen LogP contribution in [0.25, 0.3) is 0 Å². The normalized spacial score (nSPS) is 14.6. The highest BCUT2D eigenvalue weighted by molar-refractivity contribution is 9.10. The second-order valence-corrected chi connectivity index (χ2v) is 4.26. The molecule has 0 aliphatic carbocycles. The molecule has 1 aliphatic heterocycles. The van der Waals surface area contributed by atoms with Crippen LogP contribution in [0, 0.1) is 11.3 Å². The largest absolute Gasteiger partial charge is 0.376 e. The van der Waals surface area contributed by atoms with Gasteiger partial charge in [0.25, 0.3) is 0 Å². The number of rotatable bonds is 1. The van der Waals surface area contributed by atoms with Crippen molar-refractivity contribution >= 4 is 15.9 Å². The molecule has 0 amide bonds. The Kier molecular flexibility index (Phi) is 2.85. The number of hydrogen-bond acceptors (Lipinski definition) is 2. The fourth-order valence-corrected chi connectivity index (χ4v) is 2.32. The lowest BCUT2D eigenvalue weighted by Gasteiger charge is -2.19. The molecule has 1 aromatic rings. The third-order valence-electron chi connectivity index (χ3n) is 2.43. The number of fused-ring (bicyclic) bond motifs is 1. The van der Waals surface area contributed by atoms with E-state index in [2.05, 4.69) is 28.1 Å². The van der Waals surface area contributed by atoms with Crippen LogP contribution < -0.4 is 0 Å². The van der Waals surface area contributed by atoms with Crippen LogP contribution in [0.1, 0.15) is 16.7 Å². The molecular formula is C11H10BrNO. The third kappa shape index (κ3) is 1.82. The first-order chi connectivity index (χ1) is 6.81. The van der Waals surface area contributed by atoms with Crippen molar-refractivity contribution in [1.82, 2.24) is 0 Å². The van der Waals surface area contributed by atoms with Crippen LogP contribution in [0.15, 0.2) is 16.6 Å². The van der Waals surface area contributed by atoms with Crippen molar-refractivity contribution in [2.24, 2.45) is 0 Å². The summed E-state index contributed by atoms with van der Waals surface area (Å²) in [5.41, 5.74) is 3.62. The molecule has 14 heavy (non-hydrogen) atoms. The Morgan fingerprint density at radius 1 is 1.50 bits per heavy atom.